The van der Waals surface area contributed by atoms with Gasteiger partial charge in [-0.05, 0) is 48.8 Å². The number of aromatic nitrogens is 2. The van der Waals surface area contributed by atoms with Gasteiger partial charge in [0.25, 0.3) is 5.91 Å². The minimum absolute atomic E-state index is 0.00321. The van der Waals surface area contributed by atoms with E-state index in [2.05, 4.69) is 28.2 Å². The third kappa shape index (κ3) is 4.64. The van der Waals surface area contributed by atoms with Gasteiger partial charge in [-0.25, -0.2) is 9.37 Å². The Morgan fingerprint density at radius 2 is 2.03 bits per heavy atom. The lowest BCUT2D eigenvalue weighted by molar-refractivity contribution is -0.143. The van der Waals surface area contributed by atoms with Gasteiger partial charge in [-0.15, -0.1) is 0 Å². The van der Waals surface area contributed by atoms with Crippen molar-refractivity contribution in [3.05, 3.63) is 52.9 Å². The zero-order valence-electron chi connectivity index (χ0n) is 21.6. The predicted octanol–water partition coefficient (Wildman–Crippen LogP) is 4.62. The first-order valence-electron chi connectivity index (χ1n) is 12.9. The molecule has 2 aromatic rings. The molecule has 38 heavy (non-hydrogen) atoms. The molecule has 1 aliphatic carbocycles. The largest absolute Gasteiger partial charge is 0.436 e. The van der Waals surface area contributed by atoms with Gasteiger partial charge in [-0.1, -0.05) is 20.8 Å². The minimum atomic E-state index is -4.99. The van der Waals surface area contributed by atoms with Crippen LogP contribution in [-0.4, -0.2) is 52.8 Å². The van der Waals surface area contributed by atoms with Crippen LogP contribution >= 0.6 is 0 Å². The Kier molecular flexibility index (Phi) is 6.88. The van der Waals surface area contributed by atoms with Crippen molar-refractivity contribution >= 4 is 11.6 Å². The molecule has 0 bridgehead atoms. The van der Waals surface area contributed by atoms with Crippen molar-refractivity contribution in [3.8, 4) is 0 Å². The number of nitrogens with one attached hydrogen (secondary N) is 1. The van der Waals surface area contributed by atoms with Crippen molar-refractivity contribution in [2.24, 2.45) is 11.3 Å². The topological polar surface area (TPSA) is 87.6 Å². The molecular weight excluding hydrogens is 504 g/mol. The highest BCUT2D eigenvalue weighted by atomic mass is 19.4. The van der Waals surface area contributed by atoms with E-state index in [0.717, 1.165) is 29.9 Å². The second kappa shape index (κ2) is 9.75. The molecule has 2 aliphatic heterocycles. The van der Waals surface area contributed by atoms with E-state index in [1.807, 2.05) is 13.8 Å². The van der Waals surface area contributed by atoms with Gasteiger partial charge in [-0.2, -0.15) is 13.2 Å². The molecule has 1 saturated heterocycles. The van der Waals surface area contributed by atoms with E-state index in [1.54, 1.807) is 6.20 Å². The number of aliphatic hydroxyl groups excluding tert-OH is 1. The van der Waals surface area contributed by atoms with E-state index in [9.17, 15) is 27.5 Å². The summed E-state index contributed by atoms with van der Waals surface area (Å²) in [7, 11) is 0. The van der Waals surface area contributed by atoms with Gasteiger partial charge in [0, 0.05) is 30.4 Å². The molecule has 5 atom stereocenters. The lowest BCUT2D eigenvalue weighted by Crippen LogP contribution is -2.58. The molecular formula is C27H32F4N4O3. The van der Waals surface area contributed by atoms with E-state index >= 15 is 0 Å². The van der Waals surface area contributed by atoms with E-state index in [1.165, 1.54) is 0 Å². The Morgan fingerprint density at radius 3 is 2.76 bits per heavy atom. The number of morpholine rings is 1. The SMILES string of the molecule is CC1CCC(NC(=O)c2ccnc(C(F)(F)F)c2F)CC1c1cnc2c(c1)N1CCOCC1C(C)(C)C2O. The quantitative estimate of drug-likeness (QED) is 0.557. The zero-order chi connectivity index (χ0) is 27.4. The van der Waals surface area contributed by atoms with E-state index in [0.29, 0.717) is 38.3 Å². The number of rotatable bonds is 3. The zero-order valence-corrected chi connectivity index (χ0v) is 21.6. The Labute approximate surface area is 218 Å². The molecule has 1 amide bonds. The summed E-state index contributed by atoms with van der Waals surface area (Å²) in [4.78, 5) is 22.8. The first kappa shape index (κ1) is 26.8. The highest BCUT2D eigenvalue weighted by Crippen LogP contribution is 2.49. The highest BCUT2D eigenvalue weighted by molar-refractivity contribution is 5.94. The van der Waals surface area contributed by atoms with Gasteiger partial charge >= 0.3 is 6.18 Å². The fraction of sp³-hybridized carbons (Fsp3) is 0.593. The van der Waals surface area contributed by atoms with Crippen molar-refractivity contribution in [1.82, 2.24) is 15.3 Å². The minimum Gasteiger partial charge on any atom is -0.386 e. The van der Waals surface area contributed by atoms with Crippen LogP contribution in [0.25, 0.3) is 0 Å². The number of hydrogen-bond donors (Lipinski definition) is 2. The number of carbonyl (C=O) groups is 1. The molecule has 7 nitrogen and oxygen atoms in total. The van der Waals surface area contributed by atoms with Gasteiger partial charge < -0.3 is 20.1 Å². The maximum Gasteiger partial charge on any atom is 0.436 e. The van der Waals surface area contributed by atoms with Crippen molar-refractivity contribution < 1.29 is 32.2 Å². The number of ether oxygens (including phenoxy) is 1. The second-order valence-corrected chi connectivity index (χ2v) is 11.3. The van der Waals surface area contributed by atoms with Gasteiger partial charge in [0.15, 0.2) is 11.5 Å². The number of carbonyl (C=O) groups excluding carboxylic acids is 1. The number of fused-ring (bicyclic) bond motifs is 3. The highest BCUT2D eigenvalue weighted by Gasteiger charge is 2.48. The molecule has 2 aromatic heterocycles. The van der Waals surface area contributed by atoms with Gasteiger partial charge in [-0.3, -0.25) is 9.78 Å². The number of pyridine rings is 2. The smallest absolute Gasteiger partial charge is 0.386 e. The Balaban J connectivity index is 1.38. The number of amides is 1. The first-order chi connectivity index (χ1) is 17.9. The van der Waals surface area contributed by atoms with Crippen LogP contribution in [-0.2, 0) is 10.9 Å². The van der Waals surface area contributed by atoms with Gasteiger partial charge in [0.05, 0.1) is 36.2 Å². The van der Waals surface area contributed by atoms with Crippen molar-refractivity contribution in [2.45, 2.75) is 70.3 Å². The fourth-order valence-electron chi connectivity index (χ4n) is 6.16. The average molecular weight is 537 g/mol. The van der Waals surface area contributed by atoms with Crippen LogP contribution in [0.2, 0.25) is 0 Å². The maximum atomic E-state index is 14.5. The van der Waals surface area contributed by atoms with Crippen molar-refractivity contribution in [1.29, 1.82) is 0 Å². The van der Waals surface area contributed by atoms with Crippen LogP contribution in [0, 0.1) is 17.2 Å². The molecule has 0 aromatic carbocycles. The third-order valence-electron chi connectivity index (χ3n) is 8.54. The van der Waals surface area contributed by atoms with Crippen LogP contribution in [0.15, 0.2) is 24.5 Å². The fourth-order valence-corrected chi connectivity index (χ4v) is 6.16. The van der Waals surface area contributed by atoms with Crippen LogP contribution in [0.1, 0.15) is 79.4 Å². The molecule has 2 fully saturated rings. The van der Waals surface area contributed by atoms with E-state index < -0.39 is 40.7 Å². The number of hydrogen-bond acceptors (Lipinski definition) is 6. The molecule has 1 saturated carbocycles. The molecule has 5 rings (SSSR count). The molecule has 2 N–H and O–H groups in total. The molecule has 206 valence electrons. The second-order valence-electron chi connectivity index (χ2n) is 11.3. The predicted molar refractivity (Wildman–Crippen MR) is 131 cm³/mol. The number of nitrogens with zero attached hydrogens (tertiary/aromatic N) is 3. The standard InChI is InChI=1S/C27H32F4N4O3/c1-14-4-5-16(34-25(37)17-6-7-32-23(21(17)28)27(29,30)31)11-18(14)15-10-19-22(33-12-15)24(36)26(2,3)20-13-38-9-8-35(19)20/h6-7,10,12,14,16,18,20,24,36H,4-5,8-9,11,13H2,1-3H3,(H,34,37). The summed E-state index contributed by atoms with van der Waals surface area (Å²) in [5.74, 6) is -2.27. The van der Waals surface area contributed by atoms with E-state index in [-0.39, 0.29) is 23.9 Å². The summed E-state index contributed by atoms with van der Waals surface area (Å²) in [5.41, 5.74) is -0.316. The molecule has 11 heteroatoms. The van der Waals surface area contributed by atoms with Gasteiger partial charge in [0.2, 0.25) is 0 Å². The van der Waals surface area contributed by atoms with E-state index in [4.69, 9.17) is 9.72 Å². The van der Waals surface area contributed by atoms with Crippen molar-refractivity contribution in [3.63, 3.8) is 0 Å². The first-order valence-corrected chi connectivity index (χ1v) is 12.9. The maximum absolute atomic E-state index is 14.5. The summed E-state index contributed by atoms with van der Waals surface area (Å²) < 4.78 is 59.4. The Morgan fingerprint density at radius 1 is 1.26 bits per heavy atom. The summed E-state index contributed by atoms with van der Waals surface area (Å²) in [6, 6.07) is 2.69. The van der Waals surface area contributed by atoms with Crippen LogP contribution in [0.3, 0.4) is 0 Å². The molecule has 0 radical (unpaired) electrons. The van der Waals surface area contributed by atoms with Crippen LogP contribution in [0.5, 0.6) is 0 Å². The number of alkyl halides is 3. The summed E-state index contributed by atoms with van der Waals surface area (Å²) in [6.07, 6.45) is -1.24. The van der Waals surface area contributed by atoms with Gasteiger partial charge in [0.1, 0.15) is 6.10 Å². The molecule has 3 aliphatic rings. The van der Waals surface area contributed by atoms with Crippen molar-refractivity contribution in [2.75, 3.05) is 24.7 Å². The summed E-state index contributed by atoms with van der Waals surface area (Å²) in [6.45, 7) is 7.95. The monoisotopic (exact) mass is 536 g/mol. The normalized spacial score (nSPS) is 28.8. The lowest BCUT2D eigenvalue weighted by atomic mass is 9.72. The summed E-state index contributed by atoms with van der Waals surface area (Å²) in [5, 5.41) is 13.9. The molecule has 5 unspecified atom stereocenters. The molecule has 0 spiro atoms. The lowest BCUT2D eigenvalue weighted by Gasteiger charge is -2.52. The Bertz CT molecular complexity index is 1220. The third-order valence-corrected chi connectivity index (χ3v) is 8.54. The van der Waals surface area contributed by atoms with Crippen LogP contribution < -0.4 is 10.2 Å². The average Bonchev–Trinajstić information content (AvgIpc) is 2.88. The summed E-state index contributed by atoms with van der Waals surface area (Å²) >= 11 is 0. The number of anilines is 1. The van der Waals surface area contributed by atoms with Crippen LogP contribution in [0.4, 0.5) is 23.2 Å². The molecule has 4 heterocycles. The number of aliphatic hydroxyl groups is 1. The number of halogens is 4. The Hall–Kier alpha value is -2.79.